The van der Waals surface area contributed by atoms with Crippen LogP contribution in [0.1, 0.15) is 11.1 Å². The first-order valence-electron chi connectivity index (χ1n) is 8.71. The second-order valence-electron chi connectivity index (χ2n) is 6.19. The lowest BCUT2D eigenvalue weighted by atomic mass is 10.1. The van der Waals surface area contributed by atoms with Gasteiger partial charge < -0.3 is 15.5 Å². The molecule has 27 heavy (non-hydrogen) atoms. The first-order valence-corrected chi connectivity index (χ1v) is 8.71. The topological polar surface area (TPSA) is 75.4 Å². The fourth-order valence-electron chi connectivity index (χ4n) is 2.87. The van der Waals surface area contributed by atoms with E-state index in [0.717, 1.165) is 39.2 Å². The number of nitrogens with two attached hydrogens (primary N) is 1. The molecule has 0 saturated carbocycles. The Morgan fingerprint density at radius 2 is 1.78 bits per heavy atom. The van der Waals surface area contributed by atoms with Crippen LogP contribution in [0.5, 0.6) is 5.75 Å². The number of aromatic nitrogens is 1. The number of H-pyrrole nitrogens is 1. The second-order valence-corrected chi connectivity index (χ2v) is 6.19. The van der Waals surface area contributed by atoms with E-state index in [0.29, 0.717) is 6.61 Å². The summed E-state index contributed by atoms with van der Waals surface area (Å²) in [7, 11) is 0. The summed E-state index contributed by atoms with van der Waals surface area (Å²) in [4.78, 5) is 3.27. The molecular formula is C22H20N4O. The molecule has 4 N–H and O–H groups in total. The summed E-state index contributed by atoms with van der Waals surface area (Å²) in [5.41, 5.74) is 13.4. The van der Waals surface area contributed by atoms with E-state index in [9.17, 15) is 0 Å². The van der Waals surface area contributed by atoms with Gasteiger partial charge in [-0.25, -0.2) is 0 Å². The predicted molar refractivity (Wildman–Crippen MR) is 111 cm³/mol. The molecule has 0 aliphatic rings. The highest BCUT2D eigenvalue weighted by molar-refractivity contribution is 6.02. The number of nitrogens with one attached hydrogen (secondary N) is 2. The SMILES string of the molecule is Nc1ccc(NN=Cc2c[nH]c3cccc(OCc4ccccc4)c23)cc1. The zero-order valence-electron chi connectivity index (χ0n) is 14.7. The van der Waals surface area contributed by atoms with Gasteiger partial charge in [0.2, 0.25) is 0 Å². The van der Waals surface area contributed by atoms with Crippen LogP contribution in [0, 0.1) is 0 Å². The van der Waals surface area contributed by atoms with E-state index in [1.165, 1.54) is 0 Å². The monoisotopic (exact) mass is 356 g/mol. The second kappa shape index (κ2) is 7.66. The Hall–Kier alpha value is -3.73. The summed E-state index contributed by atoms with van der Waals surface area (Å²) in [6, 6.07) is 23.5. The summed E-state index contributed by atoms with van der Waals surface area (Å²) < 4.78 is 6.07. The Morgan fingerprint density at radius 3 is 2.59 bits per heavy atom. The summed E-state index contributed by atoms with van der Waals surface area (Å²) in [5, 5.41) is 5.34. The van der Waals surface area contributed by atoms with E-state index in [1.54, 1.807) is 6.21 Å². The summed E-state index contributed by atoms with van der Waals surface area (Å²) in [6.07, 6.45) is 3.71. The molecule has 0 amide bonds. The van der Waals surface area contributed by atoms with Gasteiger partial charge in [0.15, 0.2) is 0 Å². The number of anilines is 2. The lowest BCUT2D eigenvalue weighted by Gasteiger charge is -2.08. The average Bonchev–Trinajstić information content (AvgIpc) is 3.12. The standard InChI is InChI=1S/C22H20N4O/c23-18-9-11-19(12-10-18)26-25-14-17-13-24-20-7-4-8-21(22(17)20)27-15-16-5-2-1-3-6-16/h1-14,24,26H,15,23H2. The molecule has 4 aromatic rings. The fraction of sp³-hybridized carbons (Fsp3) is 0.0455. The lowest BCUT2D eigenvalue weighted by molar-refractivity contribution is 0.310. The lowest BCUT2D eigenvalue weighted by Crippen LogP contribution is -1.96. The predicted octanol–water partition coefficient (Wildman–Crippen LogP) is 4.78. The molecule has 1 heterocycles. The Morgan fingerprint density at radius 1 is 0.963 bits per heavy atom. The molecule has 0 fully saturated rings. The molecule has 5 nitrogen and oxygen atoms in total. The quantitative estimate of drug-likeness (QED) is 0.264. The van der Waals surface area contributed by atoms with Gasteiger partial charge in [-0.2, -0.15) is 5.10 Å². The molecular weight excluding hydrogens is 336 g/mol. The smallest absolute Gasteiger partial charge is 0.129 e. The maximum absolute atomic E-state index is 6.07. The first-order chi connectivity index (χ1) is 13.3. The van der Waals surface area contributed by atoms with E-state index in [4.69, 9.17) is 10.5 Å². The number of hydrogen-bond acceptors (Lipinski definition) is 4. The highest BCUT2D eigenvalue weighted by atomic mass is 16.5. The summed E-state index contributed by atoms with van der Waals surface area (Å²) in [6.45, 7) is 0.519. The van der Waals surface area contributed by atoms with Crippen molar-refractivity contribution in [2.24, 2.45) is 5.10 Å². The molecule has 3 aromatic carbocycles. The molecule has 5 heteroatoms. The minimum Gasteiger partial charge on any atom is -0.488 e. The number of nitrogens with zero attached hydrogens (tertiary/aromatic N) is 1. The van der Waals surface area contributed by atoms with Gasteiger partial charge in [0, 0.05) is 23.0 Å². The van der Waals surface area contributed by atoms with Crippen molar-refractivity contribution in [2.75, 3.05) is 11.2 Å². The number of rotatable bonds is 6. The van der Waals surface area contributed by atoms with Crippen LogP contribution < -0.4 is 15.9 Å². The number of benzene rings is 3. The van der Waals surface area contributed by atoms with Crippen molar-refractivity contribution in [1.82, 2.24) is 4.98 Å². The summed E-state index contributed by atoms with van der Waals surface area (Å²) >= 11 is 0. The van der Waals surface area contributed by atoms with Gasteiger partial charge in [-0.15, -0.1) is 0 Å². The number of nitrogen functional groups attached to an aromatic ring is 1. The molecule has 0 saturated heterocycles. The van der Waals surface area contributed by atoms with Crippen molar-refractivity contribution in [3.63, 3.8) is 0 Å². The first kappa shape index (κ1) is 16.7. The van der Waals surface area contributed by atoms with Gasteiger partial charge >= 0.3 is 0 Å². The molecule has 0 aliphatic carbocycles. The largest absolute Gasteiger partial charge is 0.488 e. The van der Waals surface area contributed by atoms with Crippen LogP contribution >= 0.6 is 0 Å². The van der Waals surface area contributed by atoms with Crippen LogP contribution in [0.25, 0.3) is 10.9 Å². The molecule has 134 valence electrons. The number of ether oxygens (including phenoxy) is 1. The maximum Gasteiger partial charge on any atom is 0.129 e. The van der Waals surface area contributed by atoms with E-state index >= 15 is 0 Å². The zero-order valence-corrected chi connectivity index (χ0v) is 14.7. The van der Waals surface area contributed by atoms with Crippen molar-refractivity contribution >= 4 is 28.5 Å². The molecule has 0 aliphatic heterocycles. The van der Waals surface area contributed by atoms with Crippen LogP contribution in [0.3, 0.4) is 0 Å². The zero-order chi connectivity index (χ0) is 18.5. The van der Waals surface area contributed by atoms with Crippen molar-refractivity contribution in [1.29, 1.82) is 0 Å². The molecule has 0 atom stereocenters. The highest BCUT2D eigenvalue weighted by Crippen LogP contribution is 2.28. The van der Waals surface area contributed by atoms with E-state index in [2.05, 4.69) is 27.6 Å². The van der Waals surface area contributed by atoms with Crippen LogP contribution in [0.2, 0.25) is 0 Å². The van der Waals surface area contributed by atoms with Gasteiger partial charge in [-0.05, 0) is 42.0 Å². The van der Waals surface area contributed by atoms with Crippen LogP contribution in [0.15, 0.2) is 84.1 Å². The number of aromatic amines is 1. The van der Waals surface area contributed by atoms with Gasteiger partial charge in [-0.3, -0.25) is 5.43 Å². The number of hydrogen-bond donors (Lipinski definition) is 3. The van der Waals surface area contributed by atoms with Crippen molar-refractivity contribution in [3.05, 3.63) is 90.1 Å². The minimum atomic E-state index is 0.519. The highest BCUT2D eigenvalue weighted by Gasteiger charge is 2.08. The van der Waals surface area contributed by atoms with Crippen molar-refractivity contribution < 1.29 is 4.74 Å². The molecule has 1 aromatic heterocycles. The maximum atomic E-state index is 6.07. The van der Waals surface area contributed by atoms with Gasteiger partial charge in [0.25, 0.3) is 0 Å². The third-order valence-corrected chi connectivity index (χ3v) is 4.24. The third-order valence-electron chi connectivity index (χ3n) is 4.24. The van der Waals surface area contributed by atoms with Crippen LogP contribution in [-0.4, -0.2) is 11.2 Å². The number of fused-ring (bicyclic) bond motifs is 1. The molecule has 0 unspecified atom stereocenters. The molecule has 0 spiro atoms. The van der Waals surface area contributed by atoms with Gasteiger partial charge in [0.1, 0.15) is 12.4 Å². The average molecular weight is 356 g/mol. The third kappa shape index (κ3) is 3.93. The van der Waals surface area contributed by atoms with Gasteiger partial charge in [-0.1, -0.05) is 36.4 Å². The van der Waals surface area contributed by atoms with Crippen molar-refractivity contribution in [2.45, 2.75) is 6.61 Å². The molecule has 0 bridgehead atoms. The van der Waals surface area contributed by atoms with E-state index in [1.807, 2.05) is 66.9 Å². The molecule has 0 radical (unpaired) electrons. The summed E-state index contributed by atoms with van der Waals surface area (Å²) in [5.74, 6) is 0.825. The minimum absolute atomic E-state index is 0.519. The normalized spacial score (nSPS) is 11.1. The van der Waals surface area contributed by atoms with E-state index in [-0.39, 0.29) is 0 Å². The Labute approximate surface area is 157 Å². The fourth-order valence-corrected chi connectivity index (χ4v) is 2.87. The number of hydrazone groups is 1. The Balaban J connectivity index is 1.54. The van der Waals surface area contributed by atoms with Crippen LogP contribution in [-0.2, 0) is 6.61 Å². The van der Waals surface area contributed by atoms with Crippen molar-refractivity contribution in [3.8, 4) is 5.75 Å². The van der Waals surface area contributed by atoms with Gasteiger partial charge in [0.05, 0.1) is 17.3 Å². The van der Waals surface area contributed by atoms with E-state index < -0.39 is 0 Å². The molecule has 4 rings (SSSR count). The van der Waals surface area contributed by atoms with Crippen LogP contribution in [0.4, 0.5) is 11.4 Å². The Bertz CT molecular complexity index is 1050. The Kier molecular flexibility index (Phi) is 4.74.